The van der Waals surface area contributed by atoms with Crippen molar-refractivity contribution in [3.63, 3.8) is 0 Å². The van der Waals surface area contributed by atoms with E-state index < -0.39 is 23.4 Å². The Morgan fingerprint density at radius 2 is 1.86 bits per heavy atom. The predicted octanol–water partition coefficient (Wildman–Crippen LogP) is 4.14. The van der Waals surface area contributed by atoms with Gasteiger partial charge in [-0.05, 0) is 34.8 Å². The molecule has 1 aromatic carbocycles. The van der Waals surface area contributed by atoms with Gasteiger partial charge in [-0.15, -0.1) is 0 Å². The van der Waals surface area contributed by atoms with Gasteiger partial charge in [-0.2, -0.15) is 9.37 Å². The molecule has 1 fully saturated rings. The smallest absolute Gasteiger partial charge is 0.330 e. The summed E-state index contributed by atoms with van der Waals surface area (Å²) in [6.45, 7) is 3.43. The largest absolute Gasteiger partial charge is 0.492 e. The fraction of sp³-hybridized carbons (Fsp3) is 0.417. The molecule has 2 heterocycles. The van der Waals surface area contributed by atoms with E-state index in [2.05, 4.69) is 43.1 Å². The monoisotopic (exact) mass is 580 g/mol. The number of benzene rings is 1. The fourth-order valence-corrected chi connectivity index (χ4v) is 5.36. The SMILES string of the molecule is C=CC(=O)N[C@H]1CCCC[C@H]1Nc1ncc2c(n1)N(C)C(=O)N(c1c(F)c(OC)c(F)c(OC)c1Br)C2. The number of hydrogen-bond donors (Lipinski definition) is 2. The Kier molecular flexibility index (Phi) is 7.81. The van der Waals surface area contributed by atoms with Crippen LogP contribution in [-0.2, 0) is 11.3 Å². The second-order valence-electron chi connectivity index (χ2n) is 8.68. The molecule has 3 amide bonds. The van der Waals surface area contributed by atoms with Gasteiger partial charge in [0.05, 0.1) is 25.2 Å². The zero-order valence-corrected chi connectivity index (χ0v) is 22.2. The van der Waals surface area contributed by atoms with Crippen LogP contribution in [0.1, 0.15) is 31.2 Å². The number of rotatable bonds is 7. The lowest BCUT2D eigenvalue weighted by atomic mass is 9.90. The summed E-state index contributed by atoms with van der Waals surface area (Å²) >= 11 is 3.17. The van der Waals surface area contributed by atoms with Crippen LogP contribution >= 0.6 is 15.9 Å². The van der Waals surface area contributed by atoms with Gasteiger partial charge in [0, 0.05) is 30.9 Å². The van der Waals surface area contributed by atoms with Crippen LogP contribution in [0.3, 0.4) is 0 Å². The molecule has 1 aromatic heterocycles. The third-order valence-corrected chi connectivity index (χ3v) is 7.23. The number of halogens is 3. The lowest BCUT2D eigenvalue weighted by molar-refractivity contribution is -0.117. The molecule has 1 aliphatic carbocycles. The number of nitrogens with one attached hydrogen (secondary N) is 2. The molecule has 2 aliphatic rings. The molecular weight excluding hydrogens is 554 g/mol. The van der Waals surface area contributed by atoms with Crippen molar-refractivity contribution in [2.45, 2.75) is 44.3 Å². The molecule has 2 N–H and O–H groups in total. The lowest BCUT2D eigenvalue weighted by Gasteiger charge is -2.36. The van der Waals surface area contributed by atoms with Crippen molar-refractivity contribution in [1.29, 1.82) is 0 Å². The molecule has 2 atom stereocenters. The van der Waals surface area contributed by atoms with Gasteiger partial charge in [-0.1, -0.05) is 19.4 Å². The molecule has 0 saturated heterocycles. The van der Waals surface area contributed by atoms with Crippen LogP contribution in [0.25, 0.3) is 0 Å². The number of nitrogens with zero attached hydrogens (tertiary/aromatic N) is 4. The molecule has 0 spiro atoms. The van der Waals surface area contributed by atoms with Gasteiger partial charge in [0.15, 0.2) is 17.3 Å². The van der Waals surface area contributed by atoms with Crippen LogP contribution in [0, 0.1) is 11.6 Å². The summed E-state index contributed by atoms with van der Waals surface area (Å²) in [5, 5.41) is 6.22. The van der Waals surface area contributed by atoms with Crippen molar-refractivity contribution in [3.8, 4) is 11.5 Å². The number of amides is 3. The van der Waals surface area contributed by atoms with E-state index >= 15 is 4.39 Å². The van der Waals surface area contributed by atoms with Crippen molar-refractivity contribution < 1.29 is 27.8 Å². The van der Waals surface area contributed by atoms with Gasteiger partial charge >= 0.3 is 6.03 Å². The molecule has 13 heteroatoms. The molecule has 4 rings (SSSR count). The number of anilines is 3. The summed E-state index contributed by atoms with van der Waals surface area (Å²) in [4.78, 5) is 36.5. The van der Waals surface area contributed by atoms with Gasteiger partial charge in [0.2, 0.25) is 17.7 Å². The van der Waals surface area contributed by atoms with Gasteiger partial charge < -0.3 is 20.1 Å². The first kappa shape index (κ1) is 26.6. The van der Waals surface area contributed by atoms with Gasteiger partial charge in [0.1, 0.15) is 11.5 Å². The summed E-state index contributed by atoms with van der Waals surface area (Å²) < 4.78 is 39.8. The third kappa shape index (κ3) is 4.91. The number of aromatic nitrogens is 2. The summed E-state index contributed by atoms with van der Waals surface area (Å²) in [6, 6.07) is -0.806. The lowest BCUT2D eigenvalue weighted by Crippen LogP contribution is -2.49. The number of carbonyl (C=O) groups is 2. The molecule has 0 radical (unpaired) electrons. The number of methoxy groups -OCH3 is 2. The molecule has 1 saturated carbocycles. The third-order valence-electron chi connectivity index (χ3n) is 6.49. The molecule has 10 nitrogen and oxygen atoms in total. The highest BCUT2D eigenvalue weighted by Crippen LogP contribution is 2.46. The summed E-state index contributed by atoms with van der Waals surface area (Å²) in [7, 11) is 3.85. The van der Waals surface area contributed by atoms with Crippen LogP contribution in [0.15, 0.2) is 23.3 Å². The topological polar surface area (TPSA) is 109 Å². The molecule has 198 valence electrons. The molecule has 37 heavy (non-hydrogen) atoms. The quantitative estimate of drug-likeness (QED) is 0.474. The van der Waals surface area contributed by atoms with E-state index in [1.807, 2.05) is 0 Å². The Hall–Kier alpha value is -3.48. The van der Waals surface area contributed by atoms with E-state index in [0.717, 1.165) is 37.7 Å². The number of urea groups is 1. The van der Waals surface area contributed by atoms with Crippen molar-refractivity contribution in [2.75, 3.05) is 36.4 Å². The van der Waals surface area contributed by atoms with Crippen LogP contribution in [0.5, 0.6) is 11.5 Å². The summed E-state index contributed by atoms with van der Waals surface area (Å²) in [5.74, 6) is -2.65. The minimum absolute atomic E-state index is 0.0693. The summed E-state index contributed by atoms with van der Waals surface area (Å²) in [6.07, 6.45) is 6.38. The molecule has 0 unspecified atom stereocenters. The Morgan fingerprint density at radius 1 is 1.19 bits per heavy atom. The van der Waals surface area contributed by atoms with Crippen molar-refractivity contribution >= 4 is 45.3 Å². The van der Waals surface area contributed by atoms with E-state index in [4.69, 9.17) is 9.47 Å². The Balaban J connectivity index is 1.64. The van der Waals surface area contributed by atoms with E-state index in [0.29, 0.717) is 17.3 Å². The maximum atomic E-state index is 15.3. The number of carbonyl (C=O) groups excluding carboxylic acids is 2. The van der Waals surface area contributed by atoms with Gasteiger partial charge in [0.25, 0.3) is 0 Å². The normalized spacial score (nSPS) is 19.2. The van der Waals surface area contributed by atoms with Crippen LogP contribution in [0.4, 0.5) is 31.0 Å². The highest BCUT2D eigenvalue weighted by Gasteiger charge is 2.37. The molecule has 1 aliphatic heterocycles. The first-order valence-electron chi connectivity index (χ1n) is 11.6. The second-order valence-corrected chi connectivity index (χ2v) is 9.47. The maximum absolute atomic E-state index is 15.3. The summed E-state index contributed by atoms with van der Waals surface area (Å²) in [5.41, 5.74) is 0.309. The van der Waals surface area contributed by atoms with Crippen molar-refractivity contribution in [1.82, 2.24) is 15.3 Å². The minimum atomic E-state index is -1.05. The zero-order chi connectivity index (χ0) is 26.9. The van der Waals surface area contributed by atoms with Gasteiger partial charge in [-0.3, -0.25) is 14.6 Å². The predicted molar refractivity (Wildman–Crippen MR) is 137 cm³/mol. The standard InChI is InChI=1S/C24H27BrF2N6O4/c1-5-15(34)29-13-8-6-7-9-14(13)30-23-28-10-12-11-33(24(35)32(2)22(12)31-23)19-16(25)20(36-3)18(27)21(37-4)17(19)26/h5,10,13-14H,1,6-9,11H2,2-4H3,(H,29,34)(H,28,30,31)/t13-,14+/m0/s1. The van der Waals surface area contributed by atoms with Crippen molar-refractivity contribution in [2.24, 2.45) is 0 Å². The zero-order valence-electron chi connectivity index (χ0n) is 20.6. The van der Waals surface area contributed by atoms with E-state index in [1.165, 1.54) is 25.1 Å². The number of hydrogen-bond acceptors (Lipinski definition) is 7. The first-order valence-corrected chi connectivity index (χ1v) is 12.4. The van der Waals surface area contributed by atoms with E-state index in [9.17, 15) is 14.0 Å². The molecule has 0 bridgehead atoms. The number of ether oxygens (including phenoxy) is 2. The van der Waals surface area contributed by atoms with Crippen LogP contribution in [-0.4, -0.2) is 55.3 Å². The highest BCUT2D eigenvalue weighted by molar-refractivity contribution is 9.10. The van der Waals surface area contributed by atoms with E-state index in [1.54, 1.807) is 6.20 Å². The average Bonchev–Trinajstić information content (AvgIpc) is 2.88. The first-order chi connectivity index (χ1) is 17.7. The Morgan fingerprint density at radius 3 is 2.51 bits per heavy atom. The van der Waals surface area contributed by atoms with Crippen LogP contribution < -0.4 is 29.9 Å². The van der Waals surface area contributed by atoms with Gasteiger partial charge in [-0.25, -0.2) is 14.2 Å². The number of fused-ring (bicyclic) bond motifs is 1. The minimum Gasteiger partial charge on any atom is -0.492 e. The Bertz CT molecular complexity index is 1220. The molecule has 2 aromatic rings. The molecular formula is C24H27BrF2N6O4. The maximum Gasteiger partial charge on any atom is 0.330 e. The highest BCUT2D eigenvalue weighted by atomic mass is 79.9. The van der Waals surface area contributed by atoms with Crippen molar-refractivity contribution in [3.05, 3.63) is 40.5 Å². The fourth-order valence-electron chi connectivity index (χ4n) is 4.64. The average molecular weight is 581 g/mol. The van der Waals surface area contributed by atoms with E-state index in [-0.39, 0.29) is 40.4 Å². The second kappa shape index (κ2) is 10.9. The Labute approximate surface area is 221 Å². The van der Waals surface area contributed by atoms with Crippen LogP contribution in [0.2, 0.25) is 0 Å².